The first-order chi connectivity index (χ1) is 7.13. The molecule has 4 heteroatoms. The molecule has 86 valence electrons. The van der Waals surface area contributed by atoms with Crippen molar-refractivity contribution in [1.29, 1.82) is 0 Å². The van der Waals surface area contributed by atoms with Crippen LogP contribution >= 0.6 is 36.0 Å². The highest BCUT2D eigenvalue weighted by Gasteiger charge is 2.11. The van der Waals surface area contributed by atoms with Gasteiger partial charge in [-0.25, -0.2) is 0 Å². The van der Waals surface area contributed by atoms with Gasteiger partial charge in [-0.1, -0.05) is 13.8 Å². The number of thiol groups is 1. The van der Waals surface area contributed by atoms with E-state index in [1.807, 2.05) is 17.8 Å². The molecule has 0 fully saturated rings. The van der Waals surface area contributed by atoms with E-state index in [0.717, 1.165) is 23.0 Å². The van der Waals surface area contributed by atoms with Crippen molar-refractivity contribution in [2.24, 2.45) is 11.8 Å². The molecule has 1 aromatic rings. The second-order valence-electron chi connectivity index (χ2n) is 3.91. The topological polar surface area (TPSA) is 13.1 Å². The summed E-state index contributed by atoms with van der Waals surface area (Å²) in [5, 5.41) is 0.472. The van der Waals surface area contributed by atoms with Crippen LogP contribution in [-0.4, -0.2) is 11.5 Å². The van der Waals surface area contributed by atoms with Crippen LogP contribution in [0, 0.1) is 11.8 Å². The van der Waals surface area contributed by atoms with E-state index in [4.69, 9.17) is 16.0 Å². The maximum Gasteiger partial charge on any atom is 0.193 e. The Hall–Kier alpha value is 0.270. The molecule has 1 nitrogen and oxygen atoms in total. The predicted octanol–water partition coefficient (Wildman–Crippen LogP) is 4.37. The van der Waals surface area contributed by atoms with E-state index in [-0.39, 0.29) is 0 Å². The molecule has 0 saturated heterocycles. The van der Waals surface area contributed by atoms with Crippen molar-refractivity contribution >= 4 is 36.0 Å². The van der Waals surface area contributed by atoms with Crippen molar-refractivity contribution in [3.05, 3.63) is 23.1 Å². The van der Waals surface area contributed by atoms with E-state index in [9.17, 15) is 0 Å². The molecular formula is C11H17ClOS2. The number of thioether (sulfide) groups is 1. The lowest BCUT2D eigenvalue weighted by atomic mass is 10.0. The molecule has 0 radical (unpaired) electrons. The molecule has 1 heterocycles. The molecule has 1 atom stereocenters. The van der Waals surface area contributed by atoms with Gasteiger partial charge >= 0.3 is 0 Å². The SMILES string of the molecule is CC(C)C(CS)CSCc1ccc(Cl)o1. The molecule has 1 unspecified atom stereocenters. The highest BCUT2D eigenvalue weighted by Crippen LogP contribution is 2.23. The van der Waals surface area contributed by atoms with Gasteiger partial charge < -0.3 is 4.42 Å². The Kier molecular flexibility index (Phi) is 6.02. The Balaban J connectivity index is 2.26. The summed E-state index contributed by atoms with van der Waals surface area (Å²) in [6.45, 7) is 4.48. The van der Waals surface area contributed by atoms with Gasteiger partial charge in [-0.3, -0.25) is 0 Å². The van der Waals surface area contributed by atoms with E-state index in [0.29, 0.717) is 17.1 Å². The first kappa shape index (κ1) is 13.3. The largest absolute Gasteiger partial charge is 0.449 e. The van der Waals surface area contributed by atoms with Crippen LogP contribution in [0.15, 0.2) is 16.5 Å². The minimum Gasteiger partial charge on any atom is -0.449 e. The Bertz CT molecular complexity index is 286. The van der Waals surface area contributed by atoms with Crippen molar-refractivity contribution in [3.63, 3.8) is 0 Å². The summed E-state index contributed by atoms with van der Waals surface area (Å²) in [5.41, 5.74) is 0. The monoisotopic (exact) mass is 264 g/mol. The molecule has 0 saturated carbocycles. The Morgan fingerprint density at radius 3 is 2.67 bits per heavy atom. The lowest BCUT2D eigenvalue weighted by molar-refractivity contribution is 0.472. The van der Waals surface area contributed by atoms with E-state index >= 15 is 0 Å². The summed E-state index contributed by atoms with van der Waals surface area (Å²) in [7, 11) is 0. The summed E-state index contributed by atoms with van der Waals surface area (Å²) in [6, 6.07) is 3.72. The van der Waals surface area contributed by atoms with Crippen LogP contribution in [0.3, 0.4) is 0 Å². The third-order valence-corrected chi connectivity index (χ3v) is 4.21. The van der Waals surface area contributed by atoms with Crippen molar-refractivity contribution in [2.75, 3.05) is 11.5 Å². The third kappa shape index (κ3) is 4.75. The van der Waals surface area contributed by atoms with Gasteiger partial charge in [0.15, 0.2) is 5.22 Å². The van der Waals surface area contributed by atoms with Crippen LogP contribution in [0.5, 0.6) is 0 Å². The van der Waals surface area contributed by atoms with Gasteiger partial charge in [0.05, 0.1) is 5.75 Å². The van der Waals surface area contributed by atoms with Gasteiger partial charge in [0.1, 0.15) is 5.76 Å². The van der Waals surface area contributed by atoms with E-state index in [1.165, 1.54) is 0 Å². The molecular weight excluding hydrogens is 248 g/mol. The molecule has 0 aliphatic carbocycles. The van der Waals surface area contributed by atoms with E-state index in [2.05, 4.69) is 26.5 Å². The number of halogens is 1. The molecule has 0 aromatic carbocycles. The maximum absolute atomic E-state index is 5.69. The van der Waals surface area contributed by atoms with E-state index < -0.39 is 0 Å². The predicted molar refractivity (Wildman–Crippen MR) is 72.1 cm³/mol. The molecule has 1 rings (SSSR count). The lowest BCUT2D eigenvalue weighted by Crippen LogP contribution is -2.13. The number of rotatable bonds is 6. The van der Waals surface area contributed by atoms with Gasteiger partial charge in [0.2, 0.25) is 0 Å². The zero-order valence-electron chi connectivity index (χ0n) is 9.07. The fraction of sp³-hybridized carbons (Fsp3) is 0.636. The average molecular weight is 265 g/mol. The highest BCUT2D eigenvalue weighted by atomic mass is 35.5. The lowest BCUT2D eigenvalue weighted by Gasteiger charge is -2.17. The van der Waals surface area contributed by atoms with Crippen LogP contribution in [0.4, 0.5) is 0 Å². The molecule has 0 spiro atoms. The summed E-state index contributed by atoms with van der Waals surface area (Å²) in [4.78, 5) is 0. The standard InChI is InChI=1S/C11H17ClOS2/c1-8(2)9(5-14)6-15-7-10-3-4-11(12)13-10/h3-4,8-9,14H,5-7H2,1-2H3. The van der Waals surface area contributed by atoms with Crippen LogP contribution in [0.2, 0.25) is 5.22 Å². The molecule has 15 heavy (non-hydrogen) atoms. The number of furan rings is 1. The number of hydrogen-bond donors (Lipinski definition) is 1. The van der Waals surface area contributed by atoms with Gasteiger partial charge in [-0.2, -0.15) is 24.4 Å². The number of hydrogen-bond acceptors (Lipinski definition) is 3. The van der Waals surface area contributed by atoms with Crippen LogP contribution < -0.4 is 0 Å². The Morgan fingerprint density at radius 2 is 2.20 bits per heavy atom. The highest BCUT2D eigenvalue weighted by molar-refractivity contribution is 7.98. The van der Waals surface area contributed by atoms with Crippen molar-refractivity contribution in [2.45, 2.75) is 19.6 Å². The first-order valence-electron chi connectivity index (χ1n) is 5.06. The maximum atomic E-state index is 5.69. The first-order valence-corrected chi connectivity index (χ1v) is 7.22. The van der Waals surface area contributed by atoms with Crippen molar-refractivity contribution in [1.82, 2.24) is 0 Å². The second-order valence-corrected chi connectivity index (χ2v) is 5.68. The minimum atomic E-state index is 0.472. The molecule has 0 N–H and O–H groups in total. The normalized spacial score (nSPS) is 13.4. The van der Waals surface area contributed by atoms with Crippen molar-refractivity contribution in [3.8, 4) is 0 Å². The third-order valence-electron chi connectivity index (χ3n) is 2.38. The molecule has 0 amide bonds. The van der Waals surface area contributed by atoms with Gasteiger partial charge in [-0.05, 0) is 47.1 Å². The summed E-state index contributed by atoms with van der Waals surface area (Å²) in [6.07, 6.45) is 0. The van der Waals surface area contributed by atoms with Crippen LogP contribution in [-0.2, 0) is 5.75 Å². The van der Waals surface area contributed by atoms with E-state index in [1.54, 1.807) is 6.07 Å². The summed E-state index contributed by atoms with van der Waals surface area (Å²) in [5.74, 6) is 5.28. The summed E-state index contributed by atoms with van der Waals surface area (Å²) < 4.78 is 5.28. The fourth-order valence-corrected chi connectivity index (χ4v) is 3.36. The zero-order chi connectivity index (χ0) is 11.3. The Labute approximate surface area is 106 Å². The van der Waals surface area contributed by atoms with Crippen LogP contribution in [0.25, 0.3) is 0 Å². The fourth-order valence-electron chi connectivity index (χ4n) is 1.20. The smallest absolute Gasteiger partial charge is 0.193 e. The molecule has 0 bridgehead atoms. The van der Waals surface area contributed by atoms with Crippen molar-refractivity contribution < 1.29 is 4.42 Å². The van der Waals surface area contributed by atoms with Gasteiger partial charge in [0.25, 0.3) is 0 Å². The van der Waals surface area contributed by atoms with Gasteiger partial charge in [-0.15, -0.1) is 0 Å². The van der Waals surface area contributed by atoms with Crippen LogP contribution in [0.1, 0.15) is 19.6 Å². The minimum absolute atomic E-state index is 0.472. The second kappa shape index (κ2) is 6.77. The molecule has 0 aliphatic rings. The Morgan fingerprint density at radius 1 is 1.47 bits per heavy atom. The quantitative estimate of drug-likeness (QED) is 0.767. The van der Waals surface area contributed by atoms with Gasteiger partial charge in [0, 0.05) is 0 Å². The summed E-state index contributed by atoms with van der Waals surface area (Å²) >= 11 is 11.9. The average Bonchev–Trinajstić information content (AvgIpc) is 2.58. The zero-order valence-corrected chi connectivity index (χ0v) is 11.5. The molecule has 1 aromatic heterocycles. The molecule has 0 aliphatic heterocycles.